The molecule has 0 bridgehead atoms. The summed E-state index contributed by atoms with van der Waals surface area (Å²) in [6.07, 6.45) is 0. The van der Waals surface area contributed by atoms with Crippen LogP contribution in [0.3, 0.4) is 0 Å². The summed E-state index contributed by atoms with van der Waals surface area (Å²) in [5.74, 6) is 5.78. The predicted molar refractivity (Wildman–Crippen MR) is 69.0 cm³/mol. The number of anilines is 2. The van der Waals surface area contributed by atoms with Gasteiger partial charge < -0.3 is 10.3 Å². The Balaban J connectivity index is 3.06. The van der Waals surface area contributed by atoms with E-state index in [0.717, 1.165) is 12.2 Å². The van der Waals surface area contributed by atoms with E-state index in [-0.39, 0.29) is 5.69 Å². The van der Waals surface area contributed by atoms with Gasteiger partial charge in [-0.1, -0.05) is 13.8 Å². The molecular formula is C11H18N4O2. The third-order valence-electron chi connectivity index (χ3n) is 2.36. The van der Waals surface area contributed by atoms with Crippen LogP contribution in [0.5, 0.6) is 0 Å². The van der Waals surface area contributed by atoms with Gasteiger partial charge in [0.05, 0.1) is 10.6 Å². The Morgan fingerprint density at radius 2 is 2.12 bits per heavy atom. The van der Waals surface area contributed by atoms with Crippen molar-refractivity contribution in [1.82, 2.24) is 0 Å². The van der Waals surface area contributed by atoms with E-state index in [1.54, 1.807) is 12.1 Å². The molecule has 17 heavy (non-hydrogen) atoms. The number of hydrogen-bond donors (Lipinski definition) is 2. The summed E-state index contributed by atoms with van der Waals surface area (Å²) in [5.41, 5.74) is 3.78. The van der Waals surface area contributed by atoms with Gasteiger partial charge >= 0.3 is 0 Å². The molecule has 1 aromatic carbocycles. The Morgan fingerprint density at radius 3 is 2.59 bits per heavy atom. The largest absolute Gasteiger partial charge is 0.374 e. The van der Waals surface area contributed by atoms with Gasteiger partial charge in [0.25, 0.3) is 5.69 Å². The lowest BCUT2D eigenvalue weighted by atomic mass is 10.2. The highest BCUT2D eigenvalue weighted by molar-refractivity contribution is 5.63. The van der Waals surface area contributed by atoms with Gasteiger partial charge in [-0.05, 0) is 12.0 Å². The maximum atomic E-state index is 10.8. The highest BCUT2D eigenvalue weighted by atomic mass is 16.6. The van der Waals surface area contributed by atoms with Crippen molar-refractivity contribution in [2.24, 2.45) is 11.8 Å². The van der Waals surface area contributed by atoms with Crippen LogP contribution in [0, 0.1) is 16.0 Å². The van der Waals surface area contributed by atoms with E-state index in [2.05, 4.69) is 19.3 Å². The second-order valence-corrected chi connectivity index (χ2v) is 4.41. The number of non-ortho nitro benzene ring substituents is 1. The first-order valence-corrected chi connectivity index (χ1v) is 5.41. The summed E-state index contributed by atoms with van der Waals surface area (Å²) in [7, 11) is 1.90. The Labute approximate surface area is 101 Å². The molecule has 0 aromatic heterocycles. The van der Waals surface area contributed by atoms with Crippen LogP contribution in [0.25, 0.3) is 0 Å². The molecule has 6 heteroatoms. The van der Waals surface area contributed by atoms with Crippen molar-refractivity contribution < 1.29 is 4.92 Å². The number of nitro groups is 1. The molecule has 6 nitrogen and oxygen atoms in total. The number of benzene rings is 1. The van der Waals surface area contributed by atoms with Gasteiger partial charge in [-0.3, -0.25) is 16.0 Å². The molecule has 0 unspecified atom stereocenters. The number of nitrogens with one attached hydrogen (secondary N) is 1. The molecule has 0 spiro atoms. The van der Waals surface area contributed by atoms with Crippen LogP contribution in [0.4, 0.5) is 17.1 Å². The lowest BCUT2D eigenvalue weighted by molar-refractivity contribution is -0.384. The summed E-state index contributed by atoms with van der Waals surface area (Å²) in [6, 6.07) is 4.74. The quantitative estimate of drug-likeness (QED) is 0.465. The average molecular weight is 238 g/mol. The van der Waals surface area contributed by atoms with Gasteiger partial charge in [0.1, 0.15) is 0 Å². The van der Waals surface area contributed by atoms with Crippen LogP contribution in [0.1, 0.15) is 13.8 Å². The maximum Gasteiger partial charge on any atom is 0.273 e. The minimum atomic E-state index is -0.423. The highest BCUT2D eigenvalue weighted by Gasteiger charge is 2.12. The van der Waals surface area contributed by atoms with Gasteiger partial charge in [0.2, 0.25) is 0 Å². The Morgan fingerprint density at radius 1 is 1.47 bits per heavy atom. The van der Waals surface area contributed by atoms with Crippen molar-refractivity contribution >= 4 is 17.1 Å². The van der Waals surface area contributed by atoms with Gasteiger partial charge in [0.15, 0.2) is 0 Å². The minimum Gasteiger partial charge on any atom is -0.374 e. The standard InChI is InChI=1S/C11H18N4O2/c1-8(2)7-14(3)10-4-9(13-12)5-11(6-10)15(16)17/h4-6,8,13H,7,12H2,1-3H3. The van der Waals surface area contributed by atoms with Crippen molar-refractivity contribution in [3.05, 3.63) is 28.3 Å². The first kappa shape index (κ1) is 13.2. The number of rotatable bonds is 5. The molecule has 0 heterocycles. The number of nitro benzene ring substituents is 1. The summed E-state index contributed by atoms with van der Waals surface area (Å²) < 4.78 is 0. The van der Waals surface area contributed by atoms with E-state index in [1.165, 1.54) is 6.07 Å². The molecule has 3 N–H and O–H groups in total. The summed E-state index contributed by atoms with van der Waals surface area (Å²) >= 11 is 0. The normalized spacial score (nSPS) is 10.4. The Bertz CT molecular complexity index is 406. The molecular weight excluding hydrogens is 220 g/mol. The van der Waals surface area contributed by atoms with Crippen molar-refractivity contribution in [2.75, 3.05) is 23.9 Å². The first-order chi connectivity index (χ1) is 7.93. The fraction of sp³-hybridized carbons (Fsp3) is 0.455. The van der Waals surface area contributed by atoms with Crippen LogP contribution in [0.2, 0.25) is 0 Å². The summed E-state index contributed by atoms with van der Waals surface area (Å²) in [6.45, 7) is 5.01. The van der Waals surface area contributed by atoms with Crippen molar-refractivity contribution in [2.45, 2.75) is 13.8 Å². The van der Waals surface area contributed by atoms with E-state index in [1.807, 2.05) is 11.9 Å². The van der Waals surface area contributed by atoms with Crippen LogP contribution >= 0.6 is 0 Å². The zero-order chi connectivity index (χ0) is 13.0. The zero-order valence-electron chi connectivity index (χ0n) is 10.3. The third-order valence-corrected chi connectivity index (χ3v) is 2.36. The molecule has 0 aliphatic heterocycles. The summed E-state index contributed by atoms with van der Waals surface area (Å²) in [5, 5.41) is 10.8. The Kier molecular flexibility index (Phi) is 4.28. The van der Waals surface area contributed by atoms with E-state index < -0.39 is 4.92 Å². The molecule has 0 fully saturated rings. The molecule has 1 aromatic rings. The lowest BCUT2D eigenvalue weighted by Crippen LogP contribution is -2.22. The van der Waals surface area contributed by atoms with Crippen LogP contribution in [0.15, 0.2) is 18.2 Å². The Hall–Kier alpha value is -1.82. The number of nitrogen functional groups attached to an aromatic ring is 1. The molecule has 0 aliphatic carbocycles. The lowest BCUT2D eigenvalue weighted by Gasteiger charge is -2.21. The third kappa shape index (κ3) is 3.60. The molecule has 0 radical (unpaired) electrons. The molecule has 0 saturated heterocycles. The van der Waals surface area contributed by atoms with Gasteiger partial charge in [-0.2, -0.15) is 0 Å². The molecule has 0 amide bonds. The number of nitrogens with zero attached hydrogens (tertiary/aromatic N) is 2. The van der Waals surface area contributed by atoms with Gasteiger partial charge in [0, 0.05) is 31.4 Å². The highest BCUT2D eigenvalue weighted by Crippen LogP contribution is 2.26. The van der Waals surface area contributed by atoms with E-state index in [0.29, 0.717) is 11.6 Å². The first-order valence-electron chi connectivity index (χ1n) is 5.41. The SMILES string of the molecule is CC(C)CN(C)c1cc(NN)cc([N+](=O)[O-])c1. The fourth-order valence-corrected chi connectivity index (χ4v) is 1.66. The molecule has 0 aliphatic rings. The van der Waals surface area contributed by atoms with Crippen LogP contribution in [-0.4, -0.2) is 18.5 Å². The average Bonchev–Trinajstić information content (AvgIpc) is 2.27. The van der Waals surface area contributed by atoms with Crippen molar-refractivity contribution in [3.8, 4) is 0 Å². The molecule has 1 rings (SSSR count). The van der Waals surface area contributed by atoms with E-state index in [9.17, 15) is 10.1 Å². The fourth-order valence-electron chi connectivity index (χ4n) is 1.66. The molecule has 0 atom stereocenters. The number of hydrazine groups is 1. The summed E-state index contributed by atoms with van der Waals surface area (Å²) in [4.78, 5) is 12.3. The molecule has 94 valence electrons. The predicted octanol–water partition coefficient (Wildman–Crippen LogP) is 1.97. The van der Waals surface area contributed by atoms with Gasteiger partial charge in [-0.25, -0.2) is 0 Å². The van der Waals surface area contributed by atoms with Crippen molar-refractivity contribution in [1.29, 1.82) is 0 Å². The second-order valence-electron chi connectivity index (χ2n) is 4.41. The number of nitrogens with two attached hydrogens (primary N) is 1. The smallest absolute Gasteiger partial charge is 0.273 e. The minimum absolute atomic E-state index is 0.0334. The maximum absolute atomic E-state index is 10.8. The number of hydrogen-bond acceptors (Lipinski definition) is 5. The van der Waals surface area contributed by atoms with Gasteiger partial charge in [-0.15, -0.1) is 0 Å². The topological polar surface area (TPSA) is 84.4 Å². The van der Waals surface area contributed by atoms with Crippen molar-refractivity contribution in [3.63, 3.8) is 0 Å². The van der Waals surface area contributed by atoms with E-state index >= 15 is 0 Å². The molecule has 0 saturated carbocycles. The monoisotopic (exact) mass is 238 g/mol. The van der Waals surface area contributed by atoms with E-state index in [4.69, 9.17) is 5.84 Å². The second kappa shape index (κ2) is 5.49. The zero-order valence-corrected chi connectivity index (χ0v) is 10.3. The van der Waals surface area contributed by atoms with Crippen LogP contribution < -0.4 is 16.2 Å². The van der Waals surface area contributed by atoms with Crippen LogP contribution in [-0.2, 0) is 0 Å².